The molecule has 0 saturated carbocycles. The van der Waals surface area contributed by atoms with Gasteiger partial charge in [-0.2, -0.15) is 0 Å². The fraction of sp³-hybridized carbons (Fsp3) is 0.625. The minimum absolute atomic E-state index is 0.0481. The first-order chi connectivity index (χ1) is 5.74. The molecular weight excluding hydrogens is 158 g/mol. The number of nitrogens with zero attached hydrogens (tertiary/aromatic N) is 1. The SMILES string of the molecule is C=C(OC)OC(=O)N1CCCC1. The summed E-state index contributed by atoms with van der Waals surface area (Å²) in [7, 11) is 1.42. The van der Waals surface area contributed by atoms with Gasteiger partial charge in [0.1, 0.15) is 0 Å². The second-order valence-electron chi connectivity index (χ2n) is 2.64. The molecule has 0 unspecified atom stereocenters. The van der Waals surface area contributed by atoms with Crippen molar-refractivity contribution in [1.82, 2.24) is 4.90 Å². The summed E-state index contributed by atoms with van der Waals surface area (Å²) in [6, 6.07) is 0. The summed E-state index contributed by atoms with van der Waals surface area (Å²) in [4.78, 5) is 12.8. The highest BCUT2D eigenvalue weighted by Gasteiger charge is 2.19. The molecule has 4 nitrogen and oxygen atoms in total. The second kappa shape index (κ2) is 3.99. The summed E-state index contributed by atoms with van der Waals surface area (Å²) in [6.45, 7) is 4.94. The highest BCUT2D eigenvalue weighted by Crippen LogP contribution is 2.10. The molecule has 1 aliphatic heterocycles. The Morgan fingerprint density at radius 2 is 2.00 bits per heavy atom. The van der Waals surface area contributed by atoms with E-state index in [2.05, 4.69) is 11.3 Å². The minimum Gasteiger partial charge on any atom is -0.469 e. The number of carbonyl (C=O) groups excluding carboxylic acids is 1. The van der Waals surface area contributed by atoms with Crippen LogP contribution in [0.1, 0.15) is 12.8 Å². The quantitative estimate of drug-likeness (QED) is 0.588. The van der Waals surface area contributed by atoms with E-state index in [4.69, 9.17) is 4.74 Å². The Bertz CT molecular complexity index is 185. The van der Waals surface area contributed by atoms with E-state index in [1.165, 1.54) is 7.11 Å². The zero-order chi connectivity index (χ0) is 8.97. The molecule has 12 heavy (non-hydrogen) atoms. The van der Waals surface area contributed by atoms with Gasteiger partial charge in [-0.1, -0.05) is 0 Å². The maximum Gasteiger partial charge on any atom is 0.417 e. The largest absolute Gasteiger partial charge is 0.469 e. The Hall–Kier alpha value is -1.19. The number of likely N-dealkylation sites (tertiary alicyclic amines) is 1. The molecule has 0 aromatic carbocycles. The summed E-state index contributed by atoms with van der Waals surface area (Å²) in [5, 5.41) is 0. The first-order valence-electron chi connectivity index (χ1n) is 3.93. The third kappa shape index (κ3) is 2.15. The van der Waals surface area contributed by atoms with Gasteiger partial charge in [0.25, 0.3) is 5.95 Å². The van der Waals surface area contributed by atoms with Crippen LogP contribution in [0.25, 0.3) is 0 Å². The van der Waals surface area contributed by atoms with Gasteiger partial charge in [-0.15, -0.1) is 0 Å². The molecule has 1 heterocycles. The zero-order valence-corrected chi connectivity index (χ0v) is 7.21. The molecule has 0 aromatic heterocycles. The third-order valence-electron chi connectivity index (χ3n) is 1.79. The normalized spacial score (nSPS) is 15.9. The molecule has 0 radical (unpaired) electrons. The van der Waals surface area contributed by atoms with E-state index in [9.17, 15) is 4.79 Å². The number of amides is 1. The topological polar surface area (TPSA) is 38.8 Å². The maximum absolute atomic E-state index is 11.2. The lowest BCUT2D eigenvalue weighted by atomic mass is 10.4. The van der Waals surface area contributed by atoms with Crippen molar-refractivity contribution in [2.45, 2.75) is 12.8 Å². The van der Waals surface area contributed by atoms with E-state index < -0.39 is 0 Å². The number of rotatable bonds is 2. The van der Waals surface area contributed by atoms with Crippen molar-refractivity contribution in [2.24, 2.45) is 0 Å². The van der Waals surface area contributed by atoms with Gasteiger partial charge in [-0.3, -0.25) is 0 Å². The molecular formula is C8H13NO3. The van der Waals surface area contributed by atoms with Gasteiger partial charge in [-0.25, -0.2) is 4.79 Å². The Kier molecular flexibility index (Phi) is 2.96. The Labute approximate surface area is 71.7 Å². The maximum atomic E-state index is 11.2. The monoisotopic (exact) mass is 171 g/mol. The van der Waals surface area contributed by atoms with Crippen molar-refractivity contribution >= 4 is 6.09 Å². The number of hydrogen-bond donors (Lipinski definition) is 0. The van der Waals surface area contributed by atoms with Crippen molar-refractivity contribution in [3.05, 3.63) is 12.5 Å². The molecule has 1 saturated heterocycles. The molecule has 0 bridgehead atoms. The van der Waals surface area contributed by atoms with Gasteiger partial charge >= 0.3 is 6.09 Å². The molecule has 68 valence electrons. The summed E-state index contributed by atoms with van der Waals surface area (Å²) >= 11 is 0. The van der Waals surface area contributed by atoms with Crippen LogP contribution in [-0.4, -0.2) is 31.2 Å². The molecule has 1 aliphatic rings. The highest BCUT2D eigenvalue weighted by molar-refractivity contribution is 5.68. The van der Waals surface area contributed by atoms with E-state index in [-0.39, 0.29) is 12.0 Å². The van der Waals surface area contributed by atoms with Crippen LogP contribution in [0.5, 0.6) is 0 Å². The molecule has 1 fully saturated rings. The lowest BCUT2D eigenvalue weighted by molar-refractivity contribution is 0.0728. The average molecular weight is 171 g/mol. The number of carbonyl (C=O) groups is 1. The standard InChI is InChI=1S/C8H13NO3/c1-7(11-2)12-8(10)9-5-3-4-6-9/h1,3-6H2,2H3. The molecule has 0 aliphatic carbocycles. The van der Waals surface area contributed by atoms with Crippen molar-refractivity contribution in [2.75, 3.05) is 20.2 Å². The molecule has 1 amide bonds. The van der Waals surface area contributed by atoms with Crippen LogP contribution in [0, 0.1) is 0 Å². The molecule has 1 rings (SSSR count). The minimum atomic E-state index is -0.362. The fourth-order valence-corrected chi connectivity index (χ4v) is 1.10. The molecule has 0 atom stereocenters. The molecule has 0 spiro atoms. The van der Waals surface area contributed by atoms with Gasteiger partial charge in [0.05, 0.1) is 7.11 Å². The van der Waals surface area contributed by atoms with E-state index >= 15 is 0 Å². The predicted octanol–water partition coefficient (Wildman–Crippen LogP) is 1.34. The summed E-state index contributed by atoms with van der Waals surface area (Å²) in [5.74, 6) is 0.0481. The smallest absolute Gasteiger partial charge is 0.417 e. The first kappa shape index (κ1) is 8.90. The van der Waals surface area contributed by atoms with Crippen LogP contribution in [-0.2, 0) is 9.47 Å². The summed E-state index contributed by atoms with van der Waals surface area (Å²) < 4.78 is 9.37. The summed E-state index contributed by atoms with van der Waals surface area (Å²) in [6.07, 6.45) is 1.74. The molecule has 0 aromatic rings. The zero-order valence-electron chi connectivity index (χ0n) is 7.21. The number of hydrogen-bond acceptors (Lipinski definition) is 3. The van der Waals surface area contributed by atoms with Crippen molar-refractivity contribution in [1.29, 1.82) is 0 Å². The van der Waals surface area contributed by atoms with Crippen LogP contribution < -0.4 is 0 Å². The van der Waals surface area contributed by atoms with Crippen LogP contribution >= 0.6 is 0 Å². The lowest BCUT2D eigenvalue weighted by Crippen LogP contribution is -2.28. The second-order valence-corrected chi connectivity index (χ2v) is 2.64. The Morgan fingerprint density at radius 3 is 2.50 bits per heavy atom. The third-order valence-corrected chi connectivity index (χ3v) is 1.79. The lowest BCUT2D eigenvalue weighted by Gasteiger charge is -2.14. The Morgan fingerprint density at radius 1 is 1.42 bits per heavy atom. The van der Waals surface area contributed by atoms with Gasteiger partial charge in [0.15, 0.2) is 0 Å². The molecule has 4 heteroatoms. The highest BCUT2D eigenvalue weighted by atomic mass is 16.7. The first-order valence-corrected chi connectivity index (χ1v) is 3.93. The average Bonchev–Trinajstić information content (AvgIpc) is 2.56. The fourth-order valence-electron chi connectivity index (χ4n) is 1.10. The van der Waals surface area contributed by atoms with Crippen LogP contribution in [0.4, 0.5) is 4.79 Å². The van der Waals surface area contributed by atoms with E-state index in [1.807, 2.05) is 0 Å². The van der Waals surface area contributed by atoms with Crippen LogP contribution in [0.15, 0.2) is 12.5 Å². The van der Waals surface area contributed by atoms with E-state index in [0.29, 0.717) is 0 Å². The van der Waals surface area contributed by atoms with Gasteiger partial charge in [0.2, 0.25) is 0 Å². The van der Waals surface area contributed by atoms with Gasteiger partial charge in [-0.05, 0) is 19.4 Å². The van der Waals surface area contributed by atoms with E-state index in [0.717, 1.165) is 25.9 Å². The summed E-state index contributed by atoms with van der Waals surface area (Å²) in [5.41, 5.74) is 0. The van der Waals surface area contributed by atoms with Crippen molar-refractivity contribution in [3.8, 4) is 0 Å². The van der Waals surface area contributed by atoms with Crippen molar-refractivity contribution < 1.29 is 14.3 Å². The van der Waals surface area contributed by atoms with E-state index in [1.54, 1.807) is 4.90 Å². The van der Waals surface area contributed by atoms with Crippen LogP contribution in [0.3, 0.4) is 0 Å². The van der Waals surface area contributed by atoms with Crippen LogP contribution in [0.2, 0.25) is 0 Å². The van der Waals surface area contributed by atoms with Gasteiger partial charge in [0, 0.05) is 13.1 Å². The molecule has 0 N–H and O–H groups in total. The number of ether oxygens (including phenoxy) is 2. The van der Waals surface area contributed by atoms with Crippen molar-refractivity contribution in [3.63, 3.8) is 0 Å². The van der Waals surface area contributed by atoms with Gasteiger partial charge < -0.3 is 14.4 Å². The Balaban J connectivity index is 2.32. The predicted molar refractivity (Wildman–Crippen MR) is 43.4 cm³/mol. The number of methoxy groups -OCH3 is 1.